The number of aliphatic hydroxyl groups is 1. The van der Waals surface area contributed by atoms with Crippen LogP contribution in [-0.4, -0.2) is 33.9 Å². The van der Waals surface area contributed by atoms with E-state index in [1.165, 1.54) is 18.2 Å². The second-order valence-electron chi connectivity index (χ2n) is 5.16. The monoisotopic (exact) mass is 277 g/mol. The first-order valence-corrected chi connectivity index (χ1v) is 6.61. The highest BCUT2D eigenvalue weighted by atomic mass is 16.6. The summed E-state index contributed by atoms with van der Waals surface area (Å²) in [6.07, 6.45) is 2.87. The molecule has 1 fully saturated rings. The Hall–Kier alpha value is -1.99. The van der Waals surface area contributed by atoms with Crippen molar-refractivity contribution < 1.29 is 14.8 Å². The number of nitrogens with zero attached hydrogens (tertiary/aromatic N) is 2. The van der Waals surface area contributed by atoms with Gasteiger partial charge in [-0.3, -0.25) is 19.8 Å². The van der Waals surface area contributed by atoms with Crippen LogP contribution in [0.2, 0.25) is 0 Å². The molecule has 20 heavy (non-hydrogen) atoms. The van der Waals surface area contributed by atoms with E-state index in [9.17, 15) is 20.0 Å². The zero-order valence-corrected chi connectivity index (χ0v) is 10.8. The Morgan fingerprint density at radius 3 is 2.65 bits per heavy atom. The van der Waals surface area contributed by atoms with Crippen molar-refractivity contribution in [1.82, 2.24) is 4.90 Å². The van der Waals surface area contributed by atoms with Gasteiger partial charge < -0.3 is 10.4 Å². The Labute approximate surface area is 115 Å². The fourth-order valence-electron chi connectivity index (χ4n) is 2.91. The van der Waals surface area contributed by atoms with Gasteiger partial charge in [-0.15, -0.1) is 0 Å². The van der Waals surface area contributed by atoms with Crippen molar-refractivity contribution in [2.75, 3.05) is 18.4 Å². The van der Waals surface area contributed by atoms with Gasteiger partial charge in [-0.05, 0) is 18.9 Å². The molecular formula is C13H15N3O4. The summed E-state index contributed by atoms with van der Waals surface area (Å²) in [5, 5.41) is 24.3. The van der Waals surface area contributed by atoms with Crippen LogP contribution in [0.4, 0.5) is 11.4 Å². The summed E-state index contributed by atoms with van der Waals surface area (Å²) >= 11 is 0. The zero-order chi connectivity index (χ0) is 14.3. The average molecular weight is 277 g/mol. The lowest BCUT2D eigenvalue weighted by Crippen LogP contribution is -2.52. The fraction of sp³-hybridized carbons (Fsp3) is 0.462. The van der Waals surface area contributed by atoms with Gasteiger partial charge in [0, 0.05) is 36.5 Å². The maximum Gasteiger partial charge on any atom is 0.276 e. The van der Waals surface area contributed by atoms with E-state index < -0.39 is 16.6 Å². The third kappa shape index (κ3) is 1.78. The molecule has 1 atom stereocenters. The van der Waals surface area contributed by atoms with E-state index in [0.717, 1.165) is 19.3 Å². The highest BCUT2D eigenvalue weighted by Gasteiger charge is 2.50. The van der Waals surface area contributed by atoms with Gasteiger partial charge in [0.15, 0.2) is 0 Å². The van der Waals surface area contributed by atoms with Crippen LogP contribution in [0.1, 0.15) is 24.8 Å². The van der Waals surface area contributed by atoms with Crippen molar-refractivity contribution in [2.45, 2.75) is 25.0 Å². The molecule has 106 valence electrons. The number of rotatable bonds is 2. The first kappa shape index (κ1) is 13.0. The number of nitro benzene ring substituents is 1. The molecule has 0 spiro atoms. The quantitative estimate of drug-likeness (QED) is 0.625. The summed E-state index contributed by atoms with van der Waals surface area (Å²) in [5.74, 6) is -0.533. The Morgan fingerprint density at radius 1 is 1.30 bits per heavy atom. The van der Waals surface area contributed by atoms with E-state index in [4.69, 9.17) is 0 Å². The lowest BCUT2D eigenvalue weighted by atomic mass is 9.98. The summed E-state index contributed by atoms with van der Waals surface area (Å²) < 4.78 is 0. The van der Waals surface area contributed by atoms with Crippen LogP contribution in [0.5, 0.6) is 0 Å². The molecule has 3 rings (SSSR count). The molecule has 0 radical (unpaired) electrons. The average Bonchev–Trinajstić information content (AvgIpc) is 2.72. The van der Waals surface area contributed by atoms with Crippen molar-refractivity contribution in [2.24, 2.45) is 0 Å². The number of carbonyl (C=O) groups is 1. The lowest BCUT2D eigenvalue weighted by Gasteiger charge is -2.37. The predicted octanol–water partition coefficient (Wildman–Crippen LogP) is 1.18. The molecule has 0 unspecified atom stereocenters. The van der Waals surface area contributed by atoms with Crippen LogP contribution in [0, 0.1) is 10.1 Å². The molecule has 2 N–H and O–H groups in total. The molecule has 1 aromatic rings. The molecule has 0 aromatic heterocycles. The number of anilines is 1. The van der Waals surface area contributed by atoms with E-state index in [0.29, 0.717) is 18.8 Å². The molecule has 2 aliphatic rings. The van der Waals surface area contributed by atoms with Gasteiger partial charge in [-0.2, -0.15) is 0 Å². The molecule has 0 aliphatic carbocycles. The number of fused-ring (bicyclic) bond motifs is 1. The number of hydrogen-bond donors (Lipinski definition) is 2. The number of piperidine rings is 1. The standard InChI is InChI=1S/C13H15N3O4/c17-12-13(18,15-6-2-1-3-7-15)10-8-9(16(19)20)4-5-11(10)14-12/h4-5,8,18H,1-3,6-7H2,(H,14,17)/t13-/m0/s1. The minimum absolute atomic E-state index is 0.129. The van der Waals surface area contributed by atoms with Gasteiger partial charge in [0.05, 0.1) is 4.92 Å². The third-order valence-electron chi connectivity index (χ3n) is 3.97. The van der Waals surface area contributed by atoms with E-state index in [2.05, 4.69) is 5.32 Å². The Kier molecular flexibility index (Phi) is 2.95. The number of benzene rings is 1. The lowest BCUT2D eigenvalue weighted by molar-refractivity contribution is -0.385. The van der Waals surface area contributed by atoms with Gasteiger partial charge in [0.25, 0.3) is 11.6 Å². The normalized spacial score (nSPS) is 26.1. The van der Waals surface area contributed by atoms with E-state index >= 15 is 0 Å². The van der Waals surface area contributed by atoms with Crippen LogP contribution < -0.4 is 5.32 Å². The molecule has 1 aromatic carbocycles. The molecule has 0 saturated carbocycles. The molecule has 7 heteroatoms. The second kappa shape index (κ2) is 4.53. The highest BCUT2D eigenvalue weighted by molar-refractivity contribution is 6.04. The number of hydrogen-bond acceptors (Lipinski definition) is 5. The summed E-state index contributed by atoms with van der Waals surface area (Å²) in [4.78, 5) is 24.2. The number of likely N-dealkylation sites (tertiary alicyclic amines) is 1. The minimum atomic E-state index is -1.79. The first-order chi connectivity index (χ1) is 9.53. The molecule has 7 nitrogen and oxygen atoms in total. The minimum Gasteiger partial charge on any atom is -0.364 e. The summed E-state index contributed by atoms with van der Waals surface area (Å²) in [7, 11) is 0. The summed E-state index contributed by atoms with van der Waals surface area (Å²) in [5.41, 5.74) is -1.20. The Morgan fingerprint density at radius 2 is 2.00 bits per heavy atom. The molecule has 0 bridgehead atoms. The summed E-state index contributed by atoms with van der Waals surface area (Å²) in [6, 6.07) is 4.07. The van der Waals surface area contributed by atoms with Gasteiger partial charge in [0.1, 0.15) is 0 Å². The number of amides is 1. The van der Waals surface area contributed by atoms with Crippen LogP contribution in [0.25, 0.3) is 0 Å². The van der Waals surface area contributed by atoms with Gasteiger partial charge in [-0.25, -0.2) is 0 Å². The van der Waals surface area contributed by atoms with Crippen LogP contribution in [-0.2, 0) is 10.5 Å². The van der Waals surface area contributed by atoms with E-state index in [1.54, 1.807) is 4.90 Å². The van der Waals surface area contributed by atoms with Gasteiger partial charge in [-0.1, -0.05) is 6.42 Å². The fourth-order valence-corrected chi connectivity index (χ4v) is 2.91. The topological polar surface area (TPSA) is 95.7 Å². The number of non-ortho nitro benzene ring substituents is 1. The second-order valence-corrected chi connectivity index (χ2v) is 5.16. The maximum absolute atomic E-state index is 12.2. The van der Waals surface area contributed by atoms with Crippen molar-refractivity contribution in [3.8, 4) is 0 Å². The third-order valence-corrected chi connectivity index (χ3v) is 3.97. The number of carbonyl (C=O) groups excluding carboxylic acids is 1. The van der Waals surface area contributed by atoms with Crippen LogP contribution in [0.3, 0.4) is 0 Å². The highest BCUT2D eigenvalue weighted by Crippen LogP contribution is 2.41. The Balaban J connectivity index is 2.06. The zero-order valence-electron chi connectivity index (χ0n) is 10.8. The molecule has 2 heterocycles. The summed E-state index contributed by atoms with van der Waals surface area (Å²) in [6.45, 7) is 1.21. The van der Waals surface area contributed by atoms with Crippen molar-refractivity contribution in [1.29, 1.82) is 0 Å². The van der Waals surface area contributed by atoms with Crippen molar-refractivity contribution in [3.63, 3.8) is 0 Å². The van der Waals surface area contributed by atoms with Crippen LogP contribution in [0.15, 0.2) is 18.2 Å². The van der Waals surface area contributed by atoms with Crippen molar-refractivity contribution >= 4 is 17.3 Å². The number of nitrogens with one attached hydrogen (secondary N) is 1. The maximum atomic E-state index is 12.2. The number of nitro groups is 1. The van der Waals surface area contributed by atoms with E-state index in [1.807, 2.05) is 0 Å². The predicted molar refractivity (Wildman–Crippen MR) is 71.0 cm³/mol. The Bertz CT molecular complexity index is 583. The van der Waals surface area contributed by atoms with Gasteiger partial charge >= 0.3 is 0 Å². The van der Waals surface area contributed by atoms with Crippen LogP contribution >= 0.6 is 0 Å². The molecule has 1 amide bonds. The molecule has 2 aliphatic heterocycles. The van der Waals surface area contributed by atoms with E-state index in [-0.39, 0.29) is 11.3 Å². The van der Waals surface area contributed by atoms with Crippen molar-refractivity contribution in [3.05, 3.63) is 33.9 Å². The largest absolute Gasteiger partial charge is 0.364 e. The van der Waals surface area contributed by atoms with Gasteiger partial charge in [0.2, 0.25) is 5.72 Å². The SMILES string of the molecule is O=C1Nc2ccc([N+](=O)[O-])cc2[C@@]1(O)N1CCCCC1. The molecule has 1 saturated heterocycles. The first-order valence-electron chi connectivity index (χ1n) is 6.61. The smallest absolute Gasteiger partial charge is 0.276 e. The molecular weight excluding hydrogens is 262 g/mol.